The number of amides is 1. The van der Waals surface area contributed by atoms with Gasteiger partial charge in [0.15, 0.2) is 9.84 Å². The first kappa shape index (κ1) is 18.1. The number of aromatic nitrogens is 2. The fourth-order valence-corrected chi connectivity index (χ4v) is 3.34. The van der Waals surface area contributed by atoms with Gasteiger partial charge in [-0.1, -0.05) is 16.7 Å². The summed E-state index contributed by atoms with van der Waals surface area (Å²) in [5.41, 5.74) is -0.297. The highest BCUT2D eigenvalue weighted by Crippen LogP contribution is 2.35. The van der Waals surface area contributed by atoms with E-state index in [0.29, 0.717) is 0 Å². The highest BCUT2D eigenvalue weighted by atomic mass is 35.5. The number of anilines is 1. The molecule has 12 heteroatoms. The molecule has 0 spiro atoms. The van der Waals surface area contributed by atoms with E-state index in [4.69, 9.17) is 16.0 Å². The molecule has 1 amide bonds. The van der Waals surface area contributed by atoms with Crippen LogP contribution in [0.1, 0.15) is 16.2 Å². The molecule has 1 aromatic carbocycles. The Morgan fingerprint density at radius 2 is 2.04 bits per heavy atom. The Kier molecular flexibility index (Phi) is 5.04. The van der Waals surface area contributed by atoms with Crippen molar-refractivity contribution < 1.29 is 31.1 Å². The lowest BCUT2D eigenvalue weighted by atomic mass is 10.2. The summed E-state index contributed by atoms with van der Waals surface area (Å²) in [7, 11) is -4.06. The third kappa shape index (κ3) is 3.97. The fourth-order valence-electron chi connectivity index (χ4n) is 1.76. The van der Waals surface area contributed by atoms with E-state index in [9.17, 15) is 22.0 Å². The van der Waals surface area contributed by atoms with Gasteiger partial charge in [-0.2, -0.15) is 8.78 Å². The van der Waals surface area contributed by atoms with Gasteiger partial charge in [0.05, 0.1) is 10.6 Å². The van der Waals surface area contributed by atoms with Crippen LogP contribution in [-0.2, 0) is 9.84 Å². The average molecular weight is 382 g/mol. The highest BCUT2D eigenvalue weighted by molar-refractivity contribution is 7.91. The number of nitrogens with one attached hydrogen (secondary N) is 1. The smallest absolute Gasteiger partial charge is 0.387 e. The molecule has 0 fully saturated rings. The van der Waals surface area contributed by atoms with Gasteiger partial charge in [-0.3, -0.25) is 10.1 Å². The molecule has 2 aromatic rings. The van der Waals surface area contributed by atoms with E-state index in [0.717, 1.165) is 18.4 Å². The van der Waals surface area contributed by atoms with Crippen LogP contribution in [0.4, 0.5) is 14.8 Å². The predicted molar refractivity (Wildman–Crippen MR) is 78.2 cm³/mol. The molecule has 0 aliphatic carbocycles. The first-order valence-corrected chi connectivity index (χ1v) is 8.45. The van der Waals surface area contributed by atoms with E-state index in [1.807, 2.05) is 0 Å². The fraction of sp³-hybridized carbons (Fsp3) is 0.250. The van der Waals surface area contributed by atoms with Gasteiger partial charge in [0, 0.05) is 13.2 Å². The monoisotopic (exact) mass is 381 g/mol. The zero-order valence-corrected chi connectivity index (χ0v) is 13.8. The van der Waals surface area contributed by atoms with Crippen molar-refractivity contribution in [2.45, 2.75) is 18.4 Å². The topological polar surface area (TPSA) is 111 Å². The van der Waals surface area contributed by atoms with Crippen LogP contribution in [0.5, 0.6) is 5.75 Å². The largest absolute Gasteiger partial charge is 0.433 e. The van der Waals surface area contributed by atoms with Crippen molar-refractivity contribution in [2.75, 3.05) is 11.6 Å². The molecule has 24 heavy (non-hydrogen) atoms. The Hall–Kier alpha value is -2.27. The molecule has 0 aliphatic heterocycles. The summed E-state index contributed by atoms with van der Waals surface area (Å²) in [6.45, 7) is -1.77. The van der Waals surface area contributed by atoms with E-state index in [-0.39, 0.29) is 17.5 Å². The van der Waals surface area contributed by atoms with Crippen LogP contribution in [0.25, 0.3) is 0 Å². The van der Waals surface area contributed by atoms with Gasteiger partial charge in [-0.15, -0.1) is 5.10 Å². The third-order valence-electron chi connectivity index (χ3n) is 2.64. The van der Waals surface area contributed by atoms with E-state index in [1.54, 1.807) is 0 Å². The maximum Gasteiger partial charge on any atom is 0.387 e. The normalized spacial score (nSPS) is 11.6. The number of nitrogens with zero attached hydrogens (tertiary/aromatic N) is 2. The molecule has 0 saturated carbocycles. The van der Waals surface area contributed by atoms with Crippen molar-refractivity contribution in [1.82, 2.24) is 10.2 Å². The Labute approximate surface area is 139 Å². The summed E-state index contributed by atoms with van der Waals surface area (Å²) in [5, 5.41) is 8.68. The number of carbonyl (C=O) groups excluding carboxylic acids is 1. The Morgan fingerprint density at radius 1 is 1.38 bits per heavy atom. The second-order valence-corrected chi connectivity index (χ2v) is 6.82. The van der Waals surface area contributed by atoms with Gasteiger partial charge in [0.25, 0.3) is 5.91 Å². The molecule has 0 saturated heterocycles. The van der Waals surface area contributed by atoms with Crippen LogP contribution in [0.3, 0.4) is 0 Å². The molecule has 0 atom stereocenters. The summed E-state index contributed by atoms with van der Waals surface area (Å²) >= 11 is 5.92. The molecule has 1 N–H and O–H groups in total. The van der Waals surface area contributed by atoms with E-state index in [1.165, 1.54) is 6.92 Å². The standard InChI is InChI=1S/C12H10ClF2N3O5S/c1-5-17-18-12(22-5)16-10(19)6-3-4-7(23-11(14)15)9(8(6)13)24(2,20)21/h3-4,11H,1-2H3,(H,16,18,19). The number of carbonyl (C=O) groups is 1. The molecule has 8 nitrogen and oxygen atoms in total. The zero-order valence-electron chi connectivity index (χ0n) is 12.2. The second kappa shape index (κ2) is 6.69. The van der Waals surface area contributed by atoms with Crippen LogP contribution in [0.2, 0.25) is 5.02 Å². The van der Waals surface area contributed by atoms with Gasteiger partial charge >= 0.3 is 12.6 Å². The van der Waals surface area contributed by atoms with Gasteiger partial charge in [0.1, 0.15) is 10.6 Å². The summed E-state index contributed by atoms with van der Waals surface area (Å²) in [5.74, 6) is -1.34. The van der Waals surface area contributed by atoms with Crippen LogP contribution in [0, 0.1) is 6.92 Å². The number of halogens is 3. The minimum atomic E-state index is -4.06. The van der Waals surface area contributed by atoms with Crippen molar-refractivity contribution in [3.63, 3.8) is 0 Å². The molecular weight excluding hydrogens is 372 g/mol. The van der Waals surface area contributed by atoms with Gasteiger partial charge in [0.2, 0.25) is 5.89 Å². The van der Waals surface area contributed by atoms with E-state index < -0.39 is 38.0 Å². The number of rotatable bonds is 5. The molecule has 0 bridgehead atoms. The molecule has 0 unspecified atom stereocenters. The first-order chi connectivity index (χ1) is 11.1. The minimum absolute atomic E-state index is 0.189. The SMILES string of the molecule is Cc1nnc(NC(=O)c2ccc(OC(F)F)c(S(C)(=O)=O)c2Cl)o1. The number of hydrogen-bond donors (Lipinski definition) is 1. The molecule has 0 radical (unpaired) electrons. The summed E-state index contributed by atoms with van der Waals surface area (Å²) in [6, 6.07) is 1.71. The first-order valence-electron chi connectivity index (χ1n) is 6.18. The quantitative estimate of drug-likeness (QED) is 0.845. The van der Waals surface area contributed by atoms with Crippen molar-refractivity contribution >= 4 is 33.4 Å². The maximum absolute atomic E-state index is 12.4. The van der Waals surface area contributed by atoms with Crippen LogP contribution in [-0.4, -0.2) is 37.4 Å². The number of ether oxygens (including phenoxy) is 1. The highest BCUT2D eigenvalue weighted by Gasteiger charge is 2.26. The molecular formula is C12H10ClF2N3O5S. The van der Waals surface area contributed by atoms with E-state index >= 15 is 0 Å². The number of sulfone groups is 1. The van der Waals surface area contributed by atoms with Crippen LogP contribution >= 0.6 is 11.6 Å². The molecule has 0 aliphatic rings. The van der Waals surface area contributed by atoms with Crippen molar-refractivity contribution in [2.24, 2.45) is 0 Å². The van der Waals surface area contributed by atoms with Crippen molar-refractivity contribution in [3.05, 3.63) is 28.6 Å². The lowest BCUT2D eigenvalue weighted by Gasteiger charge is -2.13. The second-order valence-electron chi connectivity index (χ2n) is 4.49. The molecule has 2 rings (SSSR count). The lowest BCUT2D eigenvalue weighted by Crippen LogP contribution is -2.15. The average Bonchev–Trinajstić information content (AvgIpc) is 2.81. The van der Waals surface area contributed by atoms with Gasteiger partial charge in [-0.25, -0.2) is 8.42 Å². The predicted octanol–water partition coefficient (Wildman–Crippen LogP) is 2.29. The summed E-state index contributed by atoms with van der Waals surface area (Å²) < 4.78 is 57.5. The Bertz CT molecular complexity index is 885. The van der Waals surface area contributed by atoms with Gasteiger partial charge < -0.3 is 9.15 Å². The zero-order chi connectivity index (χ0) is 18.1. The minimum Gasteiger partial charge on any atom is -0.433 e. The maximum atomic E-state index is 12.4. The number of alkyl halides is 2. The van der Waals surface area contributed by atoms with Crippen molar-refractivity contribution in [1.29, 1.82) is 0 Å². The van der Waals surface area contributed by atoms with Crippen LogP contribution < -0.4 is 10.1 Å². The third-order valence-corrected chi connectivity index (χ3v) is 4.29. The van der Waals surface area contributed by atoms with Crippen LogP contribution in [0.15, 0.2) is 21.4 Å². The molecule has 1 aromatic heterocycles. The summed E-state index contributed by atoms with van der Waals surface area (Å²) in [6.07, 6.45) is 0.746. The van der Waals surface area contributed by atoms with E-state index in [2.05, 4.69) is 20.3 Å². The number of aryl methyl sites for hydroxylation is 1. The number of hydrogen-bond acceptors (Lipinski definition) is 7. The lowest BCUT2D eigenvalue weighted by molar-refractivity contribution is -0.0517. The number of benzene rings is 1. The van der Waals surface area contributed by atoms with Crippen molar-refractivity contribution in [3.8, 4) is 5.75 Å². The molecule has 130 valence electrons. The molecule has 1 heterocycles. The Balaban J connectivity index is 2.46. The Morgan fingerprint density at radius 3 is 2.54 bits per heavy atom. The van der Waals surface area contributed by atoms with Gasteiger partial charge in [-0.05, 0) is 12.1 Å². The summed E-state index contributed by atoms with van der Waals surface area (Å²) in [4.78, 5) is 11.4.